The quantitative estimate of drug-likeness (QED) is 0.385. The summed E-state index contributed by atoms with van der Waals surface area (Å²) in [6, 6.07) is 18.9. The molecule has 2 aromatic carbocycles. The van der Waals surface area contributed by atoms with Crippen molar-refractivity contribution in [2.24, 2.45) is 0 Å². The van der Waals surface area contributed by atoms with E-state index in [9.17, 15) is 18.0 Å². The Balaban J connectivity index is 1.66. The number of hydrogen-bond acceptors (Lipinski definition) is 4. The molecule has 4 rings (SSSR count). The maximum absolute atomic E-state index is 13.3. The summed E-state index contributed by atoms with van der Waals surface area (Å²) in [6.07, 6.45) is -1.81. The maximum atomic E-state index is 13.3. The first-order valence-electron chi connectivity index (χ1n) is 9.76. The van der Waals surface area contributed by atoms with Gasteiger partial charge in [-0.2, -0.15) is 13.2 Å². The maximum Gasteiger partial charge on any atom is 0.406 e. The van der Waals surface area contributed by atoms with Gasteiger partial charge in [0, 0.05) is 30.6 Å². The van der Waals surface area contributed by atoms with E-state index in [0.29, 0.717) is 15.6 Å². The molecule has 0 N–H and O–H groups in total. The van der Waals surface area contributed by atoms with Crippen LogP contribution in [0.1, 0.15) is 15.5 Å². The molecule has 0 atom stereocenters. The minimum absolute atomic E-state index is 0.0608. The SMILES string of the molecule is CN(Cc1nccn1CC(F)(F)F)C(=O)c1sc(-c2ccccc2)nc1-c1ccccc1. The molecule has 1 amide bonds. The number of halogens is 3. The molecule has 0 saturated heterocycles. The van der Waals surface area contributed by atoms with Crippen molar-refractivity contribution in [2.45, 2.75) is 19.3 Å². The molecule has 0 aliphatic carbocycles. The number of carbonyl (C=O) groups is 1. The first kappa shape index (κ1) is 21.8. The lowest BCUT2D eigenvalue weighted by Gasteiger charge is -2.18. The van der Waals surface area contributed by atoms with Crippen molar-refractivity contribution < 1.29 is 18.0 Å². The second-order valence-corrected chi connectivity index (χ2v) is 8.18. The van der Waals surface area contributed by atoms with Crippen molar-refractivity contribution in [3.8, 4) is 21.8 Å². The summed E-state index contributed by atoms with van der Waals surface area (Å²) in [4.78, 5) is 23.9. The summed E-state index contributed by atoms with van der Waals surface area (Å²) in [7, 11) is 1.55. The molecule has 0 spiro atoms. The number of carbonyl (C=O) groups excluding carboxylic acids is 1. The monoisotopic (exact) mass is 456 g/mol. The molecule has 9 heteroatoms. The van der Waals surface area contributed by atoms with Crippen molar-refractivity contribution in [2.75, 3.05) is 7.05 Å². The Bertz CT molecular complexity index is 1200. The lowest BCUT2D eigenvalue weighted by atomic mass is 10.1. The van der Waals surface area contributed by atoms with Crippen LogP contribution in [-0.2, 0) is 13.1 Å². The lowest BCUT2D eigenvalue weighted by molar-refractivity contribution is -0.141. The van der Waals surface area contributed by atoms with Gasteiger partial charge in [-0.3, -0.25) is 4.79 Å². The van der Waals surface area contributed by atoms with Crippen LogP contribution in [0.3, 0.4) is 0 Å². The van der Waals surface area contributed by atoms with Crippen molar-refractivity contribution >= 4 is 17.2 Å². The zero-order chi connectivity index (χ0) is 22.7. The van der Waals surface area contributed by atoms with Gasteiger partial charge in [0.05, 0.1) is 12.2 Å². The summed E-state index contributed by atoms with van der Waals surface area (Å²) in [5, 5.41) is 0.694. The Morgan fingerprint density at radius 1 is 1.03 bits per heavy atom. The molecule has 0 saturated carbocycles. The first-order chi connectivity index (χ1) is 15.3. The van der Waals surface area contributed by atoms with Gasteiger partial charge in [0.1, 0.15) is 22.3 Å². The minimum atomic E-state index is -4.37. The van der Waals surface area contributed by atoms with E-state index in [4.69, 9.17) is 4.98 Å². The smallest absolute Gasteiger partial charge is 0.333 e. The normalized spacial score (nSPS) is 11.5. The summed E-state index contributed by atoms with van der Waals surface area (Å²) in [5.74, 6) is -0.169. The minimum Gasteiger partial charge on any atom is -0.333 e. The molecule has 0 radical (unpaired) electrons. The van der Waals surface area contributed by atoms with E-state index >= 15 is 0 Å². The van der Waals surface area contributed by atoms with E-state index in [2.05, 4.69) is 4.98 Å². The number of benzene rings is 2. The predicted octanol–water partition coefficient (Wildman–Crippen LogP) is 5.51. The van der Waals surface area contributed by atoms with Crippen LogP contribution in [0.25, 0.3) is 21.8 Å². The molecule has 0 aliphatic rings. The molecular formula is C23H19F3N4OS. The first-order valence-corrected chi connectivity index (χ1v) is 10.6. The number of thiazole rings is 1. The van der Waals surface area contributed by atoms with Crippen LogP contribution >= 0.6 is 11.3 Å². The molecular weight excluding hydrogens is 437 g/mol. The highest BCUT2D eigenvalue weighted by atomic mass is 32.1. The molecule has 4 aromatic rings. The summed E-state index contributed by atoms with van der Waals surface area (Å²) in [5.41, 5.74) is 2.23. The molecule has 2 heterocycles. The third-order valence-corrected chi connectivity index (χ3v) is 5.86. The zero-order valence-corrected chi connectivity index (χ0v) is 17.9. The molecule has 32 heavy (non-hydrogen) atoms. The second kappa shape index (κ2) is 8.96. The van der Waals surface area contributed by atoms with Crippen LogP contribution in [-0.4, -0.2) is 38.6 Å². The summed E-state index contributed by atoms with van der Waals surface area (Å²) < 4.78 is 39.5. The van der Waals surface area contributed by atoms with E-state index < -0.39 is 12.7 Å². The van der Waals surface area contributed by atoms with E-state index in [1.807, 2.05) is 60.7 Å². The fraction of sp³-hybridized carbons (Fsp3) is 0.174. The number of aromatic nitrogens is 3. The van der Waals surface area contributed by atoms with Crippen molar-refractivity contribution in [3.63, 3.8) is 0 Å². The average molecular weight is 456 g/mol. The van der Waals surface area contributed by atoms with Gasteiger partial charge in [-0.05, 0) is 0 Å². The van der Waals surface area contributed by atoms with Gasteiger partial charge in [0.25, 0.3) is 5.91 Å². The third kappa shape index (κ3) is 4.88. The number of imidazole rings is 1. The van der Waals surface area contributed by atoms with Crippen LogP contribution < -0.4 is 0 Å². The van der Waals surface area contributed by atoms with E-state index in [1.54, 1.807) is 7.05 Å². The van der Waals surface area contributed by atoms with Crippen LogP contribution in [0.5, 0.6) is 0 Å². The Kier molecular flexibility index (Phi) is 6.09. The third-order valence-electron chi connectivity index (χ3n) is 4.77. The number of hydrogen-bond donors (Lipinski definition) is 0. The average Bonchev–Trinajstić information content (AvgIpc) is 3.40. The van der Waals surface area contributed by atoms with Gasteiger partial charge >= 0.3 is 6.18 Å². The summed E-state index contributed by atoms with van der Waals surface area (Å²) >= 11 is 1.26. The highest BCUT2D eigenvalue weighted by molar-refractivity contribution is 7.17. The predicted molar refractivity (Wildman–Crippen MR) is 117 cm³/mol. The molecule has 0 aliphatic heterocycles. The molecule has 5 nitrogen and oxygen atoms in total. The molecule has 0 bridgehead atoms. The van der Waals surface area contributed by atoms with Crippen molar-refractivity contribution in [3.05, 3.63) is 83.8 Å². The van der Waals surface area contributed by atoms with E-state index in [0.717, 1.165) is 15.7 Å². The van der Waals surface area contributed by atoms with Gasteiger partial charge in [-0.25, -0.2) is 9.97 Å². The molecule has 0 fully saturated rings. The van der Waals surface area contributed by atoms with Gasteiger partial charge in [0.2, 0.25) is 0 Å². The standard InChI is InChI=1S/C23H19F3N4OS/c1-29(14-18-27-12-13-30(18)15-23(24,25)26)22(31)20-19(16-8-4-2-5-9-16)28-21(32-20)17-10-6-3-7-11-17/h2-13H,14-15H2,1H3. The molecule has 2 aromatic heterocycles. The van der Waals surface area contributed by atoms with Gasteiger partial charge in [-0.1, -0.05) is 60.7 Å². The second-order valence-electron chi connectivity index (χ2n) is 7.18. The van der Waals surface area contributed by atoms with Crippen molar-refractivity contribution in [1.82, 2.24) is 19.4 Å². The van der Waals surface area contributed by atoms with Crippen LogP contribution in [0, 0.1) is 0 Å². The Hall–Kier alpha value is -3.46. The van der Waals surface area contributed by atoms with E-state index in [1.165, 1.54) is 28.6 Å². The molecule has 164 valence electrons. The van der Waals surface area contributed by atoms with Gasteiger partial charge in [0.15, 0.2) is 0 Å². The highest BCUT2D eigenvalue weighted by Crippen LogP contribution is 2.34. The van der Waals surface area contributed by atoms with Crippen molar-refractivity contribution in [1.29, 1.82) is 0 Å². The fourth-order valence-corrected chi connectivity index (χ4v) is 4.33. The number of nitrogens with zero attached hydrogens (tertiary/aromatic N) is 4. The largest absolute Gasteiger partial charge is 0.406 e. The van der Waals surface area contributed by atoms with Gasteiger partial charge in [-0.15, -0.1) is 11.3 Å². The highest BCUT2D eigenvalue weighted by Gasteiger charge is 2.30. The Morgan fingerprint density at radius 3 is 2.28 bits per heavy atom. The fourth-order valence-electron chi connectivity index (χ4n) is 3.25. The van der Waals surface area contributed by atoms with Crippen LogP contribution in [0.4, 0.5) is 13.2 Å². The number of alkyl halides is 3. The molecule has 0 unspecified atom stereocenters. The van der Waals surface area contributed by atoms with Crippen LogP contribution in [0.2, 0.25) is 0 Å². The van der Waals surface area contributed by atoms with E-state index in [-0.39, 0.29) is 18.3 Å². The lowest BCUT2D eigenvalue weighted by Crippen LogP contribution is -2.28. The Labute approximate surface area is 186 Å². The topological polar surface area (TPSA) is 51.0 Å². The van der Waals surface area contributed by atoms with Gasteiger partial charge < -0.3 is 9.47 Å². The zero-order valence-electron chi connectivity index (χ0n) is 17.1. The number of rotatable bonds is 6. The summed E-state index contributed by atoms with van der Waals surface area (Å²) in [6.45, 7) is -1.22. The van der Waals surface area contributed by atoms with Crippen LogP contribution in [0.15, 0.2) is 73.1 Å². The number of amides is 1. The Morgan fingerprint density at radius 2 is 1.66 bits per heavy atom.